The summed E-state index contributed by atoms with van der Waals surface area (Å²) in [6.07, 6.45) is 11.0. The Labute approximate surface area is 225 Å². The molecule has 7 nitrogen and oxygen atoms in total. The summed E-state index contributed by atoms with van der Waals surface area (Å²) in [6, 6.07) is 0. The Balaban J connectivity index is 1.63. The average Bonchev–Trinajstić information content (AvgIpc) is 3.23. The standard InChI is InChI=1S/C30H57N3O4/c1-20(34)23-7-8-24-28-25(19-27(30(23,24)3)37-16-6-13-33)29(2)10-9-22(35-14-4-11-31)17-21(29)18-26(28)36-15-5-12-32/h20-28,34H,4-19,31-33H2,1-3H3/t20-,21?,22+,23+,24?,25?,26?,27-,28?,29-,30+/m0/s1. The number of rotatable bonds is 13. The van der Waals surface area contributed by atoms with Gasteiger partial charge in [0.05, 0.1) is 24.4 Å². The molecule has 4 aliphatic rings. The third kappa shape index (κ3) is 5.79. The van der Waals surface area contributed by atoms with Crippen molar-refractivity contribution in [2.24, 2.45) is 57.6 Å². The van der Waals surface area contributed by atoms with Gasteiger partial charge in [0, 0.05) is 25.2 Å². The molecule has 0 radical (unpaired) electrons. The summed E-state index contributed by atoms with van der Waals surface area (Å²) >= 11 is 0. The van der Waals surface area contributed by atoms with Crippen LogP contribution >= 0.6 is 0 Å². The van der Waals surface area contributed by atoms with E-state index in [0.717, 1.165) is 71.0 Å². The summed E-state index contributed by atoms with van der Waals surface area (Å²) in [4.78, 5) is 0. The fraction of sp³-hybridized carbons (Fsp3) is 1.00. The van der Waals surface area contributed by atoms with Gasteiger partial charge in [-0.1, -0.05) is 13.8 Å². The molecule has 5 unspecified atom stereocenters. The van der Waals surface area contributed by atoms with Crippen LogP contribution in [0.15, 0.2) is 0 Å². The zero-order chi connectivity index (χ0) is 26.6. The fourth-order valence-electron chi connectivity index (χ4n) is 9.46. The highest BCUT2D eigenvalue weighted by Crippen LogP contribution is 2.68. The van der Waals surface area contributed by atoms with Crippen molar-refractivity contribution in [2.45, 2.75) is 109 Å². The summed E-state index contributed by atoms with van der Waals surface area (Å²) in [7, 11) is 0. The van der Waals surface area contributed by atoms with Crippen molar-refractivity contribution in [1.29, 1.82) is 0 Å². The van der Waals surface area contributed by atoms with E-state index in [1.165, 1.54) is 6.42 Å². The molecule has 0 aromatic heterocycles. The summed E-state index contributed by atoms with van der Waals surface area (Å²) < 4.78 is 19.8. The highest BCUT2D eigenvalue weighted by molar-refractivity contribution is 5.15. The predicted octanol–water partition coefficient (Wildman–Crippen LogP) is 3.45. The lowest BCUT2D eigenvalue weighted by Crippen LogP contribution is -2.63. The Kier molecular flexibility index (Phi) is 10.4. The van der Waals surface area contributed by atoms with Crippen molar-refractivity contribution in [2.75, 3.05) is 39.5 Å². The van der Waals surface area contributed by atoms with Crippen molar-refractivity contribution in [1.82, 2.24) is 0 Å². The number of hydrogen-bond acceptors (Lipinski definition) is 7. The number of aliphatic hydroxyl groups is 1. The van der Waals surface area contributed by atoms with Crippen LogP contribution in [0.2, 0.25) is 0 Å². The number of ether oxygens (including phenoxy) is 3. The first-order chi connectivity index (χ1) is 17.8. The molecule has 4 saturated carbocycles. The van der Waals surface area contributed by atoms with Gasteiger partial charge >= 0.3 is 0 Å². The van der Waals surface area contributed by atoms with Crippen molar-refractivity contribution in [3.63, 3.8) is 0 Å². The van der Waals surface area contributed by atoms with Crippen LogP contribution in [0.1, 0.15) is 85.0 Å². The molecule has 4 rings (SSSR count). The number of fused-ring (bicyclic) bond motifs is 5. The number of hydrogen-bond donors (Lipinski definition) is 4. The first-order valence-corrected chi connectivity index (χ1v) is 15.4. The van der Waals surface area contributed by atoms with E-state index in [1.54, 1.807) is 0 Å². The van der Waals surface area contributed by atoms with Gasteiger partial charge in [0.1, 0.15) is 0 Å². The Morgan fingerprint density at radius 1 is 0.811 bits per heavy atom. The van der Waals surface area contributed by atoms with Gasteiger partial charge in [0.2, 0.25) is 0 Å². The van der Waals surface area contributed by atoms with Gasteiger partial charge in [-0.25, -0.2) is 0 Å². The Bertz CT molecular complexity index is 710. The first-order valence-electron chi connectivity index (χ1n) is 15.4. The second-order valence-electron chi connectivity index (χ2n) is 13.2. The third-order valence-corrected chi connectivity index (χ3v) is 11.4. The molecule has 0 bridgehead atoms. The Morgan fingerprint density at radius 2 is 1.46 bits per heavy atom. The molecule has 0 aromatic rings. The minimum Gasteiger partial charge on any atom is -0.393 e. The summed E-state index contributed by atoms with van der Waals surface area (Å²) in [6.45, 7) is 11.2. The van der Waals surface area contributed by atoms with Gasteiger partial charge in [0.25, 0.3) is 0 Å². The minimum atomic E-state index is -0.322. The van der Waals surface area contributed by atoms with Crippen molar-refractivity contribution >= 4 is 0 Å². The molecule has 0 spiro atoms. The normalized spacial score (nSPS) is 44.2. The minimum absolute atomic E-state index is 0.0366. The molecule has 11 atom stereocenters. The number of nitrogens with two attached hydrogens (primary N) is 3. The highest BCUT2D eigenvalue weighted by Gasteiger charge is 2.66. The van der Waals surface area contributed by atoms with Gasteiger partial charge in [-0.05, 0) is 126 Å². The van der Waals surface area contributed by atoms with E-state index in [0.29, 0.717) is 56.0 Å². The van der Waals surface area contributed by atoms with Crippen LogP contribution in [0.25, 0.3) is 0 Å². The van der Waals surface area contributed by atoms with Gasteiger partial charge in [-0.3, -0.25) is 0 Å². The van der Waals surface area contributed by atoms with Crippen molar-refractivity contribution < 1.29 is 19.3 Å². The van der Waals surface area contributed by atoms with E-state index in [1.807, 2.05) is 6.92 Å². The number of aliphatic hydroxyl groups excluding tert-OH is 1. The van der Waals surface area contributed by atoms with E-state index < -0.39 is 0 Å². The topological polar surface area (TPSA) is 126 Å². The van der Waals surface area contributed by atoms with E-state index in [-0.39, 0.29) is 35.1 Å². The predicted molar refractivity (Wildman–Crippen MR) is 148 cm³/mol. The Hall–Kier alpha value is -0.280. The van der Waals surface area contributed by atoms with Crippen LogP contribution in [0.4, 0.5) is 0 Å². The highest BCUT2D eigenvalue weighted by atomic mass is 16.5. The average molecular weight is 524 g/mol. The summed E-state index contributed by atoms with van der Waals surface area (Å²) in [5, 5.41) is 10.9. The monoisotopic (exact) mass is 523 g/mol. The van der Waals surface area contributed by atoms with Crippen molar-refractivity contribution in [3.8, 4) is 0 Å². The second-order valence-corrected chi connectivity index (χ2v) is 13.2. The van der Waals surface area contributed by atoms with E-state index >= 15 is 0 Å². The Morgan fingerprint density at radius 3 is 2.11 bits per heavy atom. The molecule has 0 heterocycles. The molecule has 0 aromatic carbocycles. The van der Waals surface area contributed by atoms with Crippen LogP contribution < -0.4 is 17.2 Å². The van der Waals surface area contributed by atoms with Crippen LogP contribution in [-0.4, -0.2) is 69.0 Å². The van der Waals surface area contributed by atoms with Gasteiger partial charge in [-0.15, -0.1) is 0 Å². The van der Waals surface area contributed by atoms with Crippen LogP contribution in [0.3, 0.4) is 0 Å². The molecule has 4 aliphatic carbocycles. The molecular weight excluding hydrogens is 466 g/mol. The van der Waals surface area contributed by atoms with E-state index in [2.05, 4.69) is 13.8 Å². The summed E-state index contributed by atoms with van der Waals surface area (Å²) in [5.41, 5.74) is 17.6. The zero-order valence-electron chi connectivity index (χ0n) is 23.9. The molecule has 0 amide bonds. The molecular formula is C30H57N3O4. The smallest absolute Gasteiger partial charge is 0.0638 e. The molecule has 4 fully saturated rings. The second kappa shape index (κ2) is 12.9. The van der Waals surface area contributed by atoms with Gasteiger partial charge < -0.3 is 36.5 Å². The van der Waals surface area contributed by atoms with Crippen LogP contribution in [0, 0.1) is 40.4 Å². The maximum absolute atomic E-state index is 10.9. The maximum Gasteiger partial charge on any atom is 0.0638 e. The van der Waals surface area contributed by atoms with E-state index in [9.17, 15) is 5.11 Å². The molecule has 7 heteroatoms. The largest absolute Gasteiger partial charge is 0.393 e. The molecule has 37 heavy (non-hydrogen) atoms. The SMILES string of the molecule is C[C@H](O)[C@H]1CCC2C3C(OCCCN)CC4C[C@H](OCCCN)CC[C@]4(C)C3C[C@H](OCCCN)[C@@]21C. The lowest BCUT2D eigenvalue weighted by Gasteiger charge is -2.64. The molecule has 7 N–H and O–H groups in total. The zero-order valence-corrected chi connectivity index (χ0v) is 23.9. The molecule has 0 aliphatic heterocycles. The lowest BCUT2D eigenvalue weighted by atomic mass is 9.43. The summed E-state index contributed by atoms with van der Waals surface area (Å²) in [5.74, 6) is 2.44. The maximum atomic E-state index is 10.9. The fourth-order valence-corrected chi connectivity index (χ4v) is 9.46. The first kappa shape index (κ1) is 29.7. The van der Waals surface area contributed by atoms with Crippen molar-refractivity contribution in [3.05, 3.63) is 0 Å². The van der Waals surface area contributed by atoms with Gasteiger partial charge in [0.15, 0.2) is 0 Å². The van der Waals surface area contributed by atoms with E-state index in [4.69, 9.17) is 31.4 Å². The quantitative estimate of drug-likeness (QED) is 0.272. The van der Waals surface area contributed by atoms with Crippen LogP contribution in [-0.2, 0) is 14.2 Å². The molecule has 216 valence electrons. The third-order valence-electron chi connectivity index (χ3n) is 11.4. The van der Waals surface area contributed by atoms with Crippen LogP contribution in [0.5, 0.6) is 0 Å². The van der Waals surface area contributed by atoms with Gasteiger partial charge in [-0.2, -0.15) is 0 Å². The lowest BCUT2D eigenvalue weighted by molar-refractivity contribution is -0.229. The molecule has 0 saturated heterocycles.